The van der Waals surface area contributed by atoms with Gasteiger partial charge in [-0.25, -0.2) is 14.6 Å². The third kappa shape index (κ3) is 4.55. The number of nitrogens with one attached hydrogen (secondary N) is 1. The van der Waals surface area contributed by atoms with Crippen LogP contribution in [0.4, 0.5) is 5.82 Å². The van der Waals surface area contributed by atoms with Gasteiger partial charge < -0.3 is 20.4 Å². The van der Waals surface area contributed by atoms with E-state index in [2.05, 4.69) is 51.7 Å². The summed E-state index contributed by atoms with van der Waals surface area (Å²) in [5.41, 5.74) is 2.37. The van der Waals surface area contributed by atoms with Crippen LogP contribution in [0.2, 0.25) is 0 Å². The van der Waals surface area contributed by atoms with Crippen LogP contribution in [-0.2, 0) is 4.79 Å². The number of benzene rings is 1. The van der Waals surface area contributed by atoms with Gasteiger partial charge in [0.1, 0.15) is 6.10 Å². The van der Waals surface area contributed by atoms with Crippen LogP contribution in [0, 0.1) is 5.92 Å². The minimum atomic E-state index is -1.18. The number of nitrogens with zero attached hydrogens (tertiary/aromatic N) is 6. The lowest BCUT2D eigenvalue weighted by Crippen LogP contribution is -2.38. The second-order valence-electron chi connectivity index (χ2n) is 9.60. The van der Waals surface area contributed by atoms with Crippen LogP contribution in [0.25, 0.3) is 11.2 Å². The molecule has 3 N–H and O–H groups in total. The molecule has 1 aromatic carbocycles. The van der Waals surface area contributed by atoms with Gasteiger partial charge in [-0.3, -0.25) is 4.79 Å². The number of carbonyl (C=O) groups is 1. The molecule has 192 valence electrons. The number of likely N-dealkylation sites (N-methyl/N-ethyl adjacent to an activating group) is 1. The fourth-order valence-electron chi connectivity index (χ4n) is 5.17. The number of hydrogen-bond donors (Lipinski definition) is 3. The van der Waals surface area contributed by atoms with Gasteiger partial charge in [-0.2, -0.15) is 0 Å². The van der Waals surface area contributed by atoms with Gasteiger partial charge in [0.05, 0.1) is 18.1 Å². The highest BCUT2D eigenvalue weighted by Crippen LogP contribution is 2.46. The van der Waals surface area contributed by atoms with Crippen LogP contribution >= 0.6 is 11.8 Å². The first kappa shape index (κ1) is 24.9. The van der Waals surface area contributed by atoms with Crippen LogP contribution in [0.5, 0.6) is 0 Å². The SMILES string of the molecule is CCCSc1nc(N(C)[C@@H]2C[C@H]2c2ccccc2)c2nnn([C@@H]3C[C@H](C(=O)NCC)[C@@H](O)[C@H]3O)c2n1. The summed E-state index contributed by atoms with van der Waals surface area (Å²) >= 11 is 1.57. The van der Waals surface area contributed by atoms with E-state index in [1.807, 2.05) is 20.0 Å². The highest BCUT2D eigenvalue weighted by atomic mass is 32.2. The number of aliphatic hydroxyl groups excluding tert-OH is 2. The van der Waals surface area contributed by atoms with E-state index in [0.717, 1.165) is 18.6 Å². The second-order valence-corrected chi connectivity index (χ2v) is 10.7. The lowest BCUT2D eigenvalue weighted by molar-refractivity contribution is -0.128. The van der Waals surface area contributed by atoms with Crippen molar-refractivity contribution in [2.75, 3.05) is 24.2 Å². The zero-order chi connectivity index (χ0) is 25.4. The number of aliphatic hydroxyl groups is 2. The summed E-state index contributed by atoms with van der Waals surface area (Å²) in [6, 6.07) is 10.1. The fourth-order valence-corrected chi connectivity index (χ4v) is 5.85. The number of anilines is 1. The maximum absolute atomic E-state index is 12.5. The van der Waals surface area contributed by atoms with Gasteiger partial charge in [0.25, 0.3) is 0 Å². The topological polar surface area (TPSA) is 129 Å². The van der Waals surface area contributed by atoms with Gasteiger partial charge in [-0.15, -0.1) is 5.10 Å². The van der Waals surface area contributed by atoms with Crippen molar-refractivity contribution < 1.29 is 15.0 Å². The summed E-state index contributed by atoms with van der Waals surface area (Å²) in [6.45, 7) is 4.39. The average molecular weight is 512 g/mol. The van der Waals surface area contributed by atoms with Crippen molar-refractivity contribution in [3.05, 3.63) is 35.9 Å². The fraction of sp³-hybridized carbons (Fsp3) is 0.560. The molecule has 0 saturated heterocycles. The van der Waals surface area contributed by atoms with Crippen LogP contribution in [-0.4, -0.2) is 78.7 Å². The Labute approximate surface area is 214 Å². The molecule has 2 saturated carbocycles. The van der Waals surface area contributed by atoms with Crippen molar-refractivity contribution in [2.24, 2.45) is 5.92 Å². The quantitative estimate of drug-likeness (QED) is 0.292. The summed E-state index contributed by atoms with van der Waals surface area (Å²) in [5.74, 6) is 1.01. The number of fused-ring (bicyclic) bond motifs is 1. The van der Waals surface area contributed by atoms with Gasteiger partial charge in [-0.05, 0) is 31.7 Å². The predicted octanol–water partition coefficient (Wildman–Crippen LogP) is 2.13. The number of rotatable bonds is 9. The Bertz CT molecular complexity index is 1220. The molecular formula is C25H33N7O3S. The minimum Gasteiger partial charge on any atom is -0.390 e. The molecule has 2 aliphatic rings. The van der Waals surface area contributed by atoms with E-state index >= 15 is 0 Å². The third-order valence-corrected chi connectivity index (χ3v) is 8.24. The summed E-state index contributed by atoms with van der Waals surface area (Å²) in [6.07, 6.45) is -0.0833. The normalized spacial score (nSPS) is 27.4. The van der Waals surface area contributed by atoms with Gasteiger partial charge in [0, 0.05) is 31.3 Å². The first-order valence-corrected chi connectivity index (χ1v) is 13.6. The van der Waals surface area contributed by atoms with E-state index in [1.54, 1.807) is 16.4 Å². The molecule has 10 nitrogen and oxygen atoms in total. The molecular weight excluding hydrogens is 478 g/mol. The Balaban J connectivity index is 1.49. The van der Waals surface area contributed by atoms with Crippen molar-refractivity contribution in [2.45, 2.75) is 68.5 Å². The maximum atomic E-state index is 12.5. The Morgan fingerprint density at radius 1 is 1.17 bits per heavy atom. The Kier molecular flexibility index (Phi) is 7.14. The molecule has 2 heterocycles. The van der Waals surface area contributed by atoms with E-state index < -0.39 is 24.2 Å². The molecule has 0 aliphatic heterocycles. The van der Waals surface area contributed by atoms with Crippen molar-refractivity contribution in [1.29, 1.82) is 0 Å². The minimum absolute atomic E-state index is 0.248. The van der Waals surface area contributed by atoms with Gasteiger partial charge >= 0.3 is 0 Å². The molecule has 2 aliphatic carbocycles. The molecule has 0 unspecified atom stereocenters. The van der Waals surface area contributed by atoms with Gasteiger partial charge in [0.15, 0.2) is 22.1 Å². The van der Waals surface area contributed by atoms with E-state index in [9.17, 15) is 15.0 Å². The van der Waals surface area contributed by atoms with E-state index in [4.69, 9.17) is 9.97 Å². The van der Waals surface area contributed by atoms with Crippen LogP contribution in [0.1, 0.15) is 50.6 Å². The lowest BCUT2D eigenvalue weighted by atomic mass is 10.0. The zero-order valence-electron chi connectivity index (χ0n) is 20.8. The molecule has 0 spiro atoms. The monoisotopic (exact) mass is 511 g/mol. The van der Waals surface area contributed by atoms with E-state index in [1.165, 1.54) is 5.56 Å². The standard InChI is InChI=1S/C25H33N7O3S/c1-4-11-36-25-27-22(31(3)17-12-15(17)14-9-7-6-8-10-14)19-23(28-25)32(30-29-19)18-13-16(20(33)21(18)34)24(35)26-5-2/h6-10,15-18,20-21,33-34H,4-5,11-13H2,1-3H3,(H,26,35)/t15-,16-,17+,18+,20+,21-/m0/s1. The molecule has 0 radical (unpaired) electrons. The zero-order valence-corrected chi connectivity index (χ0v) is 21.6. The molecule has 0 bridgehead atoms. The Morgan fingerprint density at radius 3 is 2.67 bits per heavy atom. The van der Waals surface area contributed by atoms with Gasteiger partial charge in [-0.1, -0.05) is 54.2 Å². The smallest absolute Gasteiger partial charge is 0.225 e. The first-order chi connectivity index (χ1) is 17.4. The molecule has 2 fully saturated rings. The highest BCUT2D eigenvalue weighted by Gasteiger charge is 2.47. The number of aromatic nitrogens is 5. The maximum Gasteiger partial charge on any atom is 0.225 e. The Morgan fingerprint density at radius 2 is 1.94 bits per heavy atom. The Hall–Kier alpha value is -2.76. The average Bonchev–Trinajstić information content (AvgIpc) is 3.51. The van der Waals surface area contributed by atoms with Crippen molar-refractivity contribution in [3.8, 4) is 0 Å². The summed E-state index contributed by atoms with van der Waals surface area (Å²) < 4.78 is 1.57. The summed E-state index contributed by atoms with van der Waals surface area (Å²) in [7, 11) is 2.03. The van der Waals surface area contributed by atoms with E-state index in [0.29, 0.717) is 40.6 Å². The van der Waals surface area contributed by atoms with Crippen molar-refractivity contribution in [3.63, 3.8) is 0 Å². The molecule has 2 aromatic heterocycles. The van der Waals surface area contributed by atoms with Crippen molar-refractivity contribution in [1.82, 2.24) is 30.3 Å². The van der Waals surface area contributed by atoms with Crippen LogP contribution in [0.3, 0.4) is 0 Å². The number of amides is 1. The molecule has 1 amide bonds. The number of carbonyl (C=O) groups excluding carboxylic acids is 1. The number of hydrogen-bond acceptors (Lipinski definition) is 9. The molecule has 11 heteroatoms. The van der Waals surface area contributed by atoms with Gasteiger partial charge in [0.2, 0.25) is 5.91 Å². The highest BCUT2D eigenvalue weighted by molar-refractivity contribution is 7.99. The predicted molar refractivity (Wildman–Crippen MR) is 138 cm³/mol. The molecule has 5 rings (SSSR count). The molecule has 6 atom stereocenters. The summed E-state index contributed by atoms with van der Waals surface area (Å²) in [4.78, 5) is 24.2. The van der Waals surface area contributed by atoms with Crippen LogP contribution < -0.4 is 10.2 Å². The van der Waals surface area contributed by atoms with Crippen LogP contribution in [0.15, 0.2) is 35.5 Å². The largest absolute Gasteiger partial charge is 0.390 e. The summed E-state index contributed by atoms with van der Waals surface area (Å²) in [5, 5.41) is 33.6. The molecule has 36 heavy (non-hydrogen) atoms. The second kappa shape index (κ2) is 10.3. The van der Waals surface area contributed by atoms with Crippen molar-refractivity contribution >= 4 is 34.7 Å². The number of thioether (sulfide) groups is 1. The van der Waals surface area contributed by atoms with E-state index in [-0.39, 0.29) is 12.3 Å². The first-order valence-electron chi connectivity index (χ1n) is 12.6. The molecule has 3 aromatic rings. The third-order valence-electron chi connectivity index (χ3n) is 7.19. The lowest BCUT2D eigenvalue weighted by Gasteiger charge is -2.20.